The van der Waals surface area contributed by atoms with Crippen LogP contribution in [0.1, 0.15) is 32.0 Å². The van der Waals surface area contributed by atoms with Crippen molar-refractivity contribution >= 4 is 34.2 Å². The number of nitrogens with one attached hydrogen (secondary N) is 2. The molecule has 5 nitrogen and oxygen atoms in total. The first kappa shape index (κ1) is 18.5. The number of benzene rings is 3. The Bertz CT molecular complexity index is 1170. The van der Waals surface area contributed by atoms with Crippen LogP contribution in [0.4, 0.5) is 11.4 Å². The minimum Gasteiger partial charge on any atom is -0.451 e. The van der Waals surface area contributed by atoms with Gasteiger partial charge < -0.3 is 15.1 Å². The number of anilines is 2. The smallest absolute Gasteiger partial charge is 0.291 e. The lowest BCUT2D eigenvalue weighted by molar-refractivity contribution is 0.0996. The maximum atomic E-state index is 12.4. The van der Waals surface area contributed by atoms with Crippen LogP contribution >= 0.6 is 0 Å². The molecule has 0 atom stereocenters. The van der Waals surface area contributed by atoms with Gasteiger partial charge in [-0.3, -0.25) is 9.59 Å². The van der Waals surface area contributed by atoms with Crippen LogP contribution in [-0.4, -0.2) is 11.8 Å². The Morgan fingerprint density at radius 1 is 0.724 bits per heavy atom. The van der Waals surface area contributed by atoms with Crippen LogP contribution in [0, 0.1) is 13.8 Å². The van der Waals surface area contributed by atoms with Crippen LogP contribution in [0.3, 0.4) is 0 Å². The summed E-state index contributed by atoms with van der Waals surface area (Å²) >= 11 is 0. The summed E-state index contributed by atoms with van der Waals surface area (Å²) in [6.45, 7) is 3.99. The van der Waals surface area contributed by atoms with Crippen molar-refractivity contribution in [3.05, 3.63) is 95.2 Å². The van der Waals surface area contributed by atoms with Crippen LogP contribution in [0.25, 0.3) is 11.0 Å². The van der Waals surface area contributed by atoms with Crippen molar-refractivity contribution in [1.29, 1.82) is 0 Å². The lowest BCUT2D eigenvalue weighted by atomic mass is 10.1. The van der Waals surface area contributed by atoms with Crippen LogP contribution in [0.5, 0.6) is 0 Å². The summed E-state index contributed by atoms with van der Waals surface area (Å²) in [6, 6.07) is 21.7. The van der Waals surface area contributed by atoms with E-state index in [1.165, 1.54) is 0 Å². The molecule has 0 aliphatic heterocycles. The summed E-state index contributed by atoms with van der Waals surface area (Å²) in [5, 5.41) is 6.54. The SMILES string of the molecule is Cc1ccc(C(=O)Nc2ccc(NC(=O)c3cc4ccccc4o3)cc2)cc1C. The molecule has 0 bridgehead atoms. The summed E-state index contributed by atoms with van der Waals surface area (Å²) in [7, 11) is 0. The number of rotatable bonds is 4. The van der Waals surface area contributed by atoms with Gasteiger partial charge in [0.1, 0.15) is 5.58 Å². The molecular weight excluding hydrogens is 364 g/mol. The predicted molar refractivity (Wildman–Crippen MR) is 114 cm³/mol. The molecule has 2 amide bonds. The van der Waals surface area contributed by atoms with Gasteiger partial charge in [0.25, 0.3) is 11.8 Å². The van der Waals surface area contributed by atoms with Crippen LogP contribution < -0.4 is 10.6 Å². The van der Waals surface area contributed by atoms with Crippen LogP contribution in [0.15, 0.2) is 77.2 Å². The Morgan fingerprint density at radius 3 is 2.03 bits per heavy atom. The lowest BCUT2D eigenvalue weighted by Crippen LogP contribution is -2.13. The molecule has 1 heterocycles. The first-order valence-electron chi connectivity index (χ1n) is 9.28. The molecule has 0 radical (unpaired) electrons. The summed E-state index contributed by atoms with van der Waals surface area (Å²) < 4.78 is 5.58. The van der Waals surface area contributed by atoms with Crippen molar-refractivity contribution in [2.24, 2.45) is 0 Å². The van der Waals surface area contributed by atoms with Gasteiger partial charge in [-0.1, -0.05) is 24.3 Å². The minimum atomic E-state index is -0.326. The number of amides is 2. The van der Waals surface area contributed by atoms with Crippen molar-refractivity contribution in [2.75, 3.05) is 10.6 Å². The monoisotopic (exact) mass is 384 g/mol. The van der Waals surface area contributed by atoms with Gasteiger partial charge in [0, 0.05) is 22.3 Å². The van der Waals surface area contributed by atoms with Gasteiger partial charge in [-0.05, 0) is 73.5 Å². The van der Waals surface area contributed by atoms with E-state index in [1.54, 1.807) is 36.4 Å². The average molecular weight is 384 g/mol. The third-order valence-electron chi connectivity index (χ3n) is 4.82. The molecule has 4 rings (SSSR count). The first-order chi connectivity index (χ1) is 14.0. The zero-order chi connectivity index (χ0) is 20.4. The van der Waals surface area contributed by atoms with E-state index in [0.29, 0.717) is 22.5 Å². The molecule has 0 spiro atoms. The van der Waals surface area contributed by atoms with E-state index < -0.39 is 0 Å². The fourth-order valence-electron chi connectivity index (χ4n) is 3.01. The molecule has 29 heavy (non-hydrogen) atoms. The second-order valence-electron chi connectivity index (χ2n) is 6.93. The van der Waals surface area contributed by atoms with Crippen molar-refractivity contribution in [1.82, 2.24) is 0 Å². The van der Waals surface area contributed by atoms with E-state index in [-0.39, 0.29) is 17.6 Å². The molecule has 3 aromatic carbocycles. The third-order valence-corrected chi connectivity index (χ3v) is 4.82. The lowest BCUT2D eigenvalue weighted by Gasteiger charge is -2.08. The average Bonchev–Trinajstić information content (AvgIpc) is 3.16. The van der Waals surface area contributed by atoms with Crippen LogP contribution in [0.2, 0.25) is 0 Å². The zero-order valence-electron chi connectivity index (χ0n) is 16.2. The number of fused-ring (bicyclic) bond motifs is 1. The van der Waals surface area contributed by atoms with E-state index >= 15 is 0 Å². The highest BCUT2D eigenvalue weighted by molar-refractivity contribution is 6.06. The number of carbonyl (C=O) groups is 2. The number of aryl methyl sites for hydroxylation is 2. The van der Waals surface area contributed by atoms with Gasteiger partial charge in [-0.15, -0.1) is 0 Å². The second-order valence-corrected chi connectivity index (χ2v) is 6.93. The zero-order valence-corrected chi connectivity index (χ0v) is 16.2. The van der Waals surface area contributed by atoms with E-state index in [0.717, 1.165) is 16.5 Å². The van der Waals surface area contributed by atoms with E-state index in [4.69, 9.17) is 4.42 Å². The number of furan rings is 1. The summed E-state index contributed by atoms with van der Waals surface area (Å²) in [4.78, 5) is 24.8. The van der Waals surface area contributed by atoms with Gasteiger partial charge in [0.05, 0.1) is 0 Å². The highest BCUT2D eigenvalue weighted by atomic mass is 16.3. The fraction of sp³-hybridized carbons (Fsp3) is 0.0833. The molecule has 144 valence electrons. The molecule has 0 aliphatic carbocycles. The predicted octanol–water partition coefficient (Wildman–Crippen LogP) is 5.55. The molecule has 0 unspecified atom stereocenters. The van der Waals surface area contributed by atoms with Gasteiger partial charge in [-0.2, -0.15) is 0 Å². The molecule has 4 aromatic rings. The number of hydrogen-bond acceptors (Lipinski definition) is 3. The number of hydrogen-bond donors (Lipinski definition) is 2. The topological polar surface area (TPSA) is 71.3 Å². The number of carbonyl (C=O) groups excluding carboxylic acids is 2. The highest BCUT2D eigenvalue weighted by Crippen LogP contribution is 2.21. The maximum Gasteiger partial charge on any atom is 0.291 e. The number of para-hydroxylation sites is 1. The fourth-order valence-corrected chi connectivity index (χ4v) is 3.01. The Kier molecular flexibility index (Phi) is 4.87. The quantitative estimate of drug-likeness (QED) is 0.484. The van der Waals surface area contributed by atoms with Crippen molar-refractivity contribution in [2.45, 2.75) is 13.8 Å². The Labute approximate surface area is 168 Å². The molecule has 0 saturated carbocycles. The third kappa shape index (κ3) is 4.04. The summed E-state index contributed by atoms with van der Waals surface area (Å²) in [5.74, 6) is -0.251. The van der Waals surface area contributed by atoms with Crippen molar-refractivity contribution in [3.63, 3.8) is 0 Å². The van der Waals surface area contributed by atoms with Gasteiger partial charge >= 0.3 is 0 Å². The molecular formula is C24H20N2O3. The maximum absolute atomic E-state index is 12.4. The van der Waals surface area contributed by atoms with Crippen molar-refractivity contribution < 1.29 is 14.0 Å². The Balaban J connectivity index is 1.42. The molecule has 0 fully saturated rings. The Hall–Kier alpha value is -3.86. The molecule has 1 aromatic heterocycles. The largest absolute Gasteiger partial charge is 0.451 e. The van der Waals surface area contributed by atoms with Gasteiger partial charge in [0.2, 0.25) is 0 Å². The van der Waals surface area contributed by atoms with E-state index in [9.17, 15) is 9.59 Å². The molecule has 0 saturated heterocycles. The summed E-state index contributed by atoms with van der Waals surface area (Å²) in [5.41, 5.74) is 4.75. The standard InChI is InChI=1S/C24H20N2O3/c1-15-7-8-18(13-16(15)2)23(27)25-19-9-11-20(12-10-19)26-24(28)22-14-17-5-3-4-6-21(17)29-22/h3-14H,1-2H3,(H,25,27)(H,26,28). The van der Waals surface area contributed by atoms with Crippen LogP contribution in [-0.2, 0) is 0 Å². The Morgan fingerprint density at radius 2 is 1.38 bits per heavy atom. The van der Waals surface area contributed by atoms with E-state index in [2.05, 4.69) is 10.6 Å². The van der Waals surface area contributed by atoms with E-state index in [1.807, 2.05) is 50.2 Å². The normalized spacial score (nSPS) is 10.7. The summed E-state index contributed by atoms with van der Waals surface area (Å²) in [6.07, 6.45) is 0. The highest BCUT2D eigenvalue weighted by Gasteiger charge is 2.13. The minimum absolute atomic E-state index is 0.174. The second kappa shape index (κ2) is 7.64. The molecule has 0 aliphatic rings. The molecule has 2 N–H and O–H groups in total. The first-order valence-corrected chi connectivity index (χ1v) is 9.28. The van der Waals surface area contributed by atoms with Crippen molar-refractivity contribution in [3.8, 4) is 0 Å². The van der Waals surface area contributed by atoms with Gasteiger partial charge in [-0.25, -0.2) is 0 Å². The molecule has 5 heteroatoms. The van der Waals surface area contributed by atoms with Gasteiger partial charge in [0.15, 0.2) is 5.76 Å².